The molecule has 0 fully saturated rings. The van der Waals surface area contributed by atoms with Gasteiger partial charge in [-0.15, -0.1) is 6.42 Å². The summed E-state index contributed by atoms with van der Waals surface area (Å²) in [5.41, 5.74) is 1.41. The van der Waals surface area contributed by atoms with Gasteiger partial charge in [-0.1, -0.05) is 60.7 Å². The molecule has 0 radical (unpaired) electrons. The third kappa shape index (κ3) is 12.0. The summed E-state index contributed by atoms with van der Waals surface area (Å²) in [4.78, 5) is 74.1. The smallest absolute Gasteiger partial charge is 0.408 e. The Labute approximate surface area is 238 Å². The van der Waals surface area contributed by atoms with Gasteiger partial charge in [-0.25, -0.2) is 4.79 Å². The number of carbonyl (C=O) groups is 6. The number of ketones is 1. The number of nitrogens with one attached hydrogen (secondary N) is 5. The van der Waals surface area contributed by atoms with Crippen molar-refractivity contribution >= 4 is 35.5 Å². The van der Waals surface area contributed by atoms with Crippen LogP contribution in [0.3, 0.4) is 0 Å². The molecule has 0 bridgehead atoms. The fourth-order valence-corrected chi connectivity index (χ4v) is 3.52. The molecule has 12 heteroatoms. The van der Waals surface area contributed by atoms with E-state index in [1.807, 2.05) is 12.0 Å². The zero-order valence-corrected chi connectivity index (χ0v) is 22.8. The first-order chi connectivity index (χ1) is 19.6. The van der Waals surface area contributed by atoms with Crippen LogP contribution in [0.2, 0.25) is 0 Å². The van der Waals surface area contributed by atoms with Gasteiger partial charge in [-0.3, -0.25) is 24.0 Å². The van der Waals surface area contributed by atoms with Crippen molar-refractivity contribution in [3.05, 3.63) is 71.8 Å². The number of carbonyl (C=O) groups excluding carboxylic acids is 6. The molecule has 2 aromatic carbocycles. The van der Waals surface area contributed by atoms with Crippen LogP contribution in [0.15, 0.2) is 60.7 Å². The second-order valence-corrected chi connectivity index (χ2v) is 8.95. The number of hydrogen-bond donors (Lipinski definition) is 5. The molecule has 0 unspecified atom stereocenters. The minimum Gasteiger partial charge on any atom is -0.445 e. The SMILES string of the molecule is C#CC(=O)[C@H](CNC(C)=O)NC(=O)[C@H](Cc1ccccc1)NC(=O)[C@H](CNC(C)=O)NC(=O)OCc1ccccc1. The van der Waals surface area contributed by atoms with Crippen LogP contribution in [-0.4, -0.2) is 66.7 Å². The molecular formula is C29H33N5O7. The van der Waals surface area contributed by atoms with Gasteiger partial charge in [0.15, 0.2) is 0 Å². The molecule has 2 aromatic rings. The normalized spacial score (nSPS) is 12.3. The summed E-state index contributed by atoms with van der Waals surface area (Å²) >= 11 is 0. The number of ether oxygens (including phenoxy) is 1. The standard InChI is InChI=1S/C29H33N5O7/c1-4-26(37)24(16-30-19(2)35)33-27(38)23(15-21-11-7-5-8-12-21)32-28(39)25(17-31-20(3)36)34-29(40)41-18-22-13-9-6-10-14-22/h1,5-14,23-25H,15-18H2,2-3H3,(H,30,35)(H,31,36)(H,32,39)(H,33,38)(H,34,40)/t23-,24-,25-/m0/s1. The van der Waals surface area contributed by atoms with Crippen LogP contribution >= 0.6 is 0 Å². The Morgan fingerprint density at radius 2 is 1.20 bits per heavy atom. The minimum absolute atomic E-state index is 0.0147. The van der Waals surface area contributed by atoms with Gasteiger partial charge in [0.1, 0.15) is 24.7 Å². The lowest BCUT2D eigenvalue weighted by Gasteiger charge is -2.25. The van der Waals surface area contributed by atoms with Crippen molar-refractivity contribution in [1.29, 1.82) is 0 Å². The number of Topliss-reactive ketones (excluding diaryl/α,β-unsaturated/α-hetero) is 1. The van der Waals surface area contributed by atoms with E-state index in [-0.39, 0.29) is 26.1 Å². The van der Waals surface area contributed by atoms with Gasteiger partial charge in [-0.2, -0.15) is 0 Å². The fraction of sp³-hybridized carbons (Fsp3) is 0.310. The van der Waals surface area contributed by atoms with Gasteiger partial charge < -0.3 is 31.3 Å². The number of amides is 5. The van der Waals surface area contributed by atoms with Gasteiger partial charge in [0.05, 0.1) is 0 Å². The van der Waals surface area contributed by atoms with Crippen LogP contribution in [0.25, 0.3) is 0 Å². The average molecular weight is 564 g/mol. The third-order valence-corrected chi connectivity index (χ3v) is 5.62. The molecule has 0 aliphatic heterocycles. The summed E-state index contributed by atoms with van der Waals surface area (Å²) in [7, 11) is 0. The molecule has 12 nitrogen and oxygen atoms in total. The van der Waals surface area contributed by atoms with E-state index in [1.165, 1.54) is 13.8 Å². The number of alkyl carbamates (subject to hydrolysis) is 1. The molecule has 41 heavy (non-hydrogen) atoms. The quantitative estimate of drug-likeness (QED) is 0.159. The van der Waals surface area contributed by atoms with Gasteiger partial charge >= 0.3 is 6.09 Å². The van der Waals surface area contributed by atoms with E-state index >= 15 is 0 Å². The molecule has 5 N–H and O–H groups in total. The second-order valence-electron chi connectivity index (χ2n) is 8.95. The summed E-state index contributed by atoms with van der Waals surface area (Å²) in [6, 6.07) is 13.8. The van der Waals surface area contributed by atoms with Gasteiger partial charge in [-0.05, 0) is 17.0 Å². The lowest BCUT2D eigenvalue weighted by atomic mass is 10.0. The zero-order valence-electron chi connectivity index (χ0n) is 22.8. The Hall–Kier alpha value is -5.18. The third-order valence-electron chi connectivity index (χ3n) is 5.62. The Bertz CT molecular complexity index is 1260. The molecule has 3 atom stereocenters. The molecule has 216 valence electrons. The van der Waals surface area contributed by atoms with E-state index in [4.69, 9.17) is 11.2 Å². The van der Waals surface area contributed by atoms with Crippen molar-refractivity contribution in [3.63, 3.8) is 0 Å². The number of terminal acetylenes is 1. The Kier molecular flexibility index (Phi) is 13.1. The molecule has 2 rings (SSSR count). The highest BCUT2D eigenvalue weighted by Crippen LogP contribution is 2.06. The van der Waals surface area contributed by atoms with E-state index in [0.717, 1.165) is 5.56 Å². The minimum atomic E-state index is -1.31. The Morgan fingerprint density at radius 1 is 0.707 bits per heavy atom. The molecular weight excluding hydrogens is 530 g/mol. The second kappa shape index (κ2) is 16.7. The fourth-order valence-electron chi connectivity index (χ4n) is 3.52. The van der Waals surface area contributed by atoms with Gasteiger partial charge in [0.2, 0.25) is 29.4 Å². The lowest BCUT2D eigenvalue weighted by Crippen LogP contribution is -2.59. The summed E-state index contributed by atoms with van der Waals surface area (Å²) in [5, 5.41) is 12.3. The first-order valence-electron chi connectivity index (χ1n) is 12.7. The number of hydrogen-bond acceptors (Lipinski definition) is 7. The molecule has 5 amide bonds. The van der Waals surface area contributed by atoms with Crippen molar-refractivity contribution in [2.75, 3.05) is 13.1 Å². The summed E-state index contributed by atoms with van der Waals surface area (Å²) in [6.45, 7) is 1.88. The monoisotopic (exact) mass is 563 g/mol. The van der Waals surface area contributed by atoms with Crippen molar-refractivity contribution in [2.24, 2.45) is 0 Å². The molecule has 0 spiro atoms. The van der Waals surface area contributed by atoms with Gasteiger partial charge in [0.25, 0.3) is 0 Å². The number of rotatable bonds is 14. The van der Waals surface area contributed by atoms with Gasteiger partial charge in [0, 0.05) is 33.4 Å². The highest BCUT2D eigenvalue weighted by molar-refractivity contribution is 6.02. The summed E-state index contributed by atoms with van der Waals surface area (Å²) < 4.78 is 5.19. The van der Waals surface area contributed by atoms with E-state index < -0.39 is 53.6 Å². The first kappa shape index (κ1) is 32.0. The maximum atomic E-state index is 13.3. The highest BCUT2D eigenvalue weighted by Gasteiger charge is 2.30. The van der Waals surface area contributed by atoms with E-state index in [1.54, 1.807) is 54.6 Å². The van der Waals surface area contributed by atoms with Crippen LogP contribution in [0.4, 0.5) is 4.79 Å². The molecule has 0 aliphatic carbocycles. The first-order valence-corrected chi connectivity index (χ1v) is 12.7. The van der Waals surface area contributed by atoms with Crippen LogP contribution in [-0.2, 0) is 41.7 Å². The molecule has 0 saturated heterocycles. The Morgan fingerprint density at radius 3 is 1.73 bits per heavy atom. The van der Waals surface area contributed by atoms with Crippen LogP contribution < -0.4 is 26.6 Å². The predicted octanol–water partition coefficient (Wildman–Crippen LogP) is -0.0318. The maximum absolute atomic E-state index is 13.3. The van der Waals surface area contributed by atoms with Crippen LogP contribution in [0.1, 0.15) is 25.0 Å². The van der Waals surface area contributed by atoms with Crippen molar-refractivity contribution in [2.45, 2.75) is 45.0 Å². The molecule has 0 saturated carbocycles. The van der Waals surface area contributed by atoms with Crippen molar-refractivity contribution in [3.8, 4) is 12.3 Å². The van der Waals surface area contributed by atoms with E-state index in [9.17, 15) is 28.8 Å². The Balaban J connectivity index is 2.20. The largest absolute Gasteiger partial charge is 0.445 e. The molecule has 0 aliphatic rings. The molecule has 0 heterocycles. The van der Waals surface area contributed by atoms with Crippen LogP contribution in [0.5, 0.6) is 0 Å². The van der Waals surface area contributed by atoms with Crippen molar-refractivity contribution in [1.82, 2.24) is 26.6 Å². The summed E-state index contributed by atoms with van der Waals surface area (Å²) in [5.74, 6) is -1.30. The van der Waals surface area contributed by atoms with Crippen molar-refractivity contribution < 1.29 is 33.5 Å². The lowest BCUT2D eigenvalue weighted by molar-refractivity contribution is -0.131. The topological polar surface area (TPSA) is 172 Å². The highest BCUT2D eigenvalue weighted by atomic mass is 16.5. The molecule has 0 aromatic heterocycles. The average Bonchev–Trinajstić information content (AvgIpc) is 2.96. The van der Waals surface area contributed by atoms with E-state index in [0.29, 0.717) is 5.56 Å². The summed E-state index contributed by atoms with van der Waals surface area (Å²) in [6.07, 6.45) is 4.32. The van der Waals surface area contributed by atoms with E-state index in [2.05, 4.69) is 26.6 Å². The zero-order chi connectivity index (χ0) is 30.2. The van der Waals surface area contributed by atoms with Crippen LogP contribution in [0, 0.1) is 12.3 Å². The number of benzene rings is 2. The maximum Gasteiger partial charge on any atom is 0.408 e. The predicted molar refractivity (Wildman–Crippen MR) is 149 cm³/mol.